The van der Waals surface area contributed by atoms with Crippen LogP contribution in [0.15, 0.2) is 35.1 Å². The largest absolute Gasteiger partial charge is 0.405 e. The number of nitrogens with zero attached hydrogens (tertiary/aromatic N) is 1. The lowest BCUT2D eigenvalue weighted by Crippen LogP contribution is -2.59. The number of benzene rings is 1. The minimum absolute atomic E-state index is 0.320. The van der Waals surface area contributed by atoms with E-state index in [2.05, 4.69) is 13.8 Å². The smallest absolute Gasteiger partial charge is 0.364 e. The van der Waals surface area contributed by atoms with E-state index >= 15 is 0 Å². The van der Waals surface area contributed by atoms with E-state index < -0.39 is 7.14 Å². The summed E-state index contributed by atoms with van der Waals surface area (Å²) < 4.78 is 20.5. The third-order valence-electron chi connectivity index (χ3n) is 4.05. The van der Waals surface area contributed by atoms with Crippen LogP contribution in [-0.4, -0.2) is 6.16 Å². The lowest BCUT2D eigenvalue weighted by Gasteiger charge is -2.32. The van der Waals surface area contributed by atoms with Crippen LogP contribution < -0.4 is 21.3 Å². The number of hydrogen-bond acceptors (Lipinski definition) is 3. The second-order valence-electron chi connectivity index (χ2n) is 5.48. The van der Waals surface area contributed by atoms with Crippen molar-refractivity contribution in [3.05, 3.63) is 42.0 Å². The molecule has 0 bridgehead atoms. The van der Waals surface area contributed by atoms with E-state index in [4.69, 9.17) is 10.3 Å². The van der Waals surface area contributed by atoms with Gasteiger partial charge < -0.3 is 8.98 Å². The van der Waals surface area contributed by atoms with Gasteiger partial charge in [-0.3, -0.25) is 0 Å². The van der Waals surface area contributed by atoms with Gasteiger partial charge in [0.05, 0.1) is 5.41 Å². The predicted molar refractivity (Wildman–Crippen MR) is 75.0 cm³/mol. The quantitative estimate of drug-likeness (QED) is 0.485. The molecule has 0 aliphatic carbocycles. The highest BCUT2D eigenvalue weighted by molar-refractivity contribution is 7.78. The molecule has 1 unspecified atom stereocenters. The first kappa shape index (κ1) is 12.5. The second kappa shape index (κ2) is 3.73. The summed E-state index contributed by atoms with van der Waals surface area (Å²) in [4.78, 5) is 0. The highest BCUT2D eigenvalue weighted by atomic mass is 31.2. The molecule has 3 rings (SSSR count). The van der Waals surface area contributed by atoms with Crippen molar-refractivity contribution in [2.45, 2.75) is 26.2 Å². The first-order valence-electron chi connectivity index (χ1n) is 6.41. The van der Waals surface area contributed by atoms with Crippen molar-refractivity contribution in [3.63, 3.8) is 0 Å². The molecular weight excluding hydrogens is 259 g/mol. The van der Waals surface area contributed by atoms with Crippen LogP contribution in [0.25, 0.3) is 0 Å². The van der Waals surface area contributed by atoms with E-state index in [0.717, 1.165) is 16.6 Å². The van der Waals surface area contributed by atoms with E-state index in [1.54, 1.807) is 0 Å². The molecule has 1 atom stereocenters. The number of aromatic nitrogens is 1. The van der Waals surface area contributed by atoms with E-state index in [-0.39, 0.29) is 5.41 Å². The Morgan fingerprint density at radius 2 is 2.05 bits per heavy atom. The average molecular weight is 277 g/mol. The summed E-state index contributed by atoms with van der Waals surface area (Å²) in [5, 5.41) is 0.913. The average Bonchev–Trinajstić information content (AvgIpc) is 2.80. The summed E-state index contributed by atoms with van der Waals surface area (Å²) in [6.07, 6.45) is 1.99. The van der Waals surface area contributed by atoms with Crippen molar-refractivity contribution < 1.29 is 13.7 Å². The molecule has 0 saturated heterocycles. The monoisotopic (exact) mass is 277 g/mol. The Morgan fingerprint density at radius 1 is 1.37 bits per heavy atom. The number of nitrogens with two attached hydrogens (primary N) is 1. The third kappa shape index (κ3) is 1.41. The zero-order valence-electron chi connectivity index (χ0n) is 11.4. The van der Waals surface area contributed by atoms with Crippen molar-refractivity contribution in [1.29, 1.82) is 0 Å². The zero-order valence-corrected chi connectivity index (χ0v) is 12.3. The van der Waals surface area contributed by atoms with Gasteiger partial charge >= 0.3 is 11.8 Å². The Bertz CT molecular complexity index is 703. The van der Waals surface area contributed by atoms with Crippen LogP contribution in [0.1, 0.15) is 32.1 Å². The molecule has 1 aromatic carbocycles. The molecule has 1 aliphatic rings. The van der Waals surface area contributed by atoms with Crippen LogP contribution in [0.5, 0.6) is 0 Å². The van der Waals surface area contributed by atoms with E-state index in [1.165, 1.54) is 11.1 Å². The maximum Gasteiger partial charge on any atom is 0.364 e. The van der Waals surface area contributed by atoms with Gasteiger partial charge in [0.15, 0.2) is 5.76 Å². The molecular formula is C14H18N2O2P+. The molecule has 2 heterocycles. The SMILES string of the molecule is CCP1(=O)c2ccccc2C(C)(C)c2oc[n+](N)c21. The maximum absolute atomic E-state index is 13.5. The van der Waals surface area contributed by atoms with Gasteiger partial charge in [0.25, 0.3) is 0 Å². The Morgan fingerprint density at radius 3 is 2.74 bits per heavy atom. The number of hydrogen-bond donors (Lipinski definition) is 1. The molecule has 5 heteroatoms. The standard InChI is InChI=1S/C14H18N2O2P/c1-4-19(17)11-8-6-5-7-10(11)14(2,3)12-13(19)16(15)9-18-12/h5-9H,4,15H2,1-3H3/q+1. The topological polar surface area (TPSA) is 60.1 Å². The molecule has 4 nitrogen and oxygen atoms in total. The molecule has 2 aromatic rings. The second-order valence-corrected chi connectivity index (χ2v) is 8.50. The summed E-state index contributed by atoms with van der Waals surface area (Å²) in [6.45, 7) is 6.09. The van der Waals surface area contributed by atoms with Gasteiger partial charge in [-0.15, -0.1) is 0 Å². The number of rotatable bonds is 1. The van der Waals surface area contributed by atoms with Gasteiger partial charge in [-0.2, -0.15) is 0 Å². The predicted octanol–water partition coefficient (Wildman–Crippen LogP) is 1.25. The van der Waals surface area contributed by atoms with Crippen molar-refractivity contribution in [3.8, 4) is 0 Å². The van der Waals surface area contributed by atoms with E-state index in [0.29, 0.717) is 11.6 Å². The maximum atomic E-state index is 13.5. The molecule has 0 radical (unpaired) electrons. The lowest BCUT2D eigenvalue weighted by atomic mass is 9.82. The van der Waals surface area contributed by atoms with Crippen molar-refractivity contribution in [1.82, 2.24) is 0 Å². The van der Waals surface area contributed by atoms with Gasteiger partial charge in [0.1, 0.15) is 0 Å². The van der Waals surface area contributed by atoms with Crippen LogP contribution in [0.3, 0.4) is 0 Å². The molecule has 1 aromatic heterocycles. The molecule has 0 fully saturated rings. The third-order valence-corrected chi connectivity index (χ3v) is 7.23. The highest BCUT2D eigenvalue weighted by Crippen LogP contribution is 2.51. The van der Waals surface area contributed by atoms with Crippen LogP contribution >= 0.6 is 7.14 Å². The van der Waals surface area contributed by atoms with Gasteiger partial charge in [-0.1, -0.05) is 31.2 Å². The normalized spacial score (nSPS) is 23.7. The summed E-state index contributed by atoms with van der Waals surface area (Å²) in [6, 6.07) is 7.90. The Labute approximate surface area is 112 Å². The fraction of sp³-hybridized carbons (Fsp3) is 0.357. The minimum atomic E-state index is -2.70. The van der Waals surface area contributed by atoms with E-state index in [9.17, 15) is 4.57 Å². The molecule has 0 saturated carbocycles. The minimum Gasteiger partial charge on any atom is -0.405 e. The highest BCUT2D eigenvalue weighted by Gasteiger charge is 2.52. The van der Waals surface area contributed by atoms with Crippen LogP contribution in [0, 0.1) is 0 Å². The Kier molecular flexibility index (Phi) is 2.45. The summed E-state index contributed by atoms with van der Waals surface area (Å²) in [7, 11) is -2.70. The zero-order chi connectivity index (χ0) is 13.8. The number of oxazole rings is 1. The number of fused-ring (bicyclic) bond motifs is 2. The molecule has 1 aliphatic heterocycles. The van der Waals surface area contributed by atoms with Crippen LogP contribution in [0.4, 0.5) is 0 Å². The van der Waals surface area contributed by atoms with Crippen LogP contribution in [-0.2, 0) is 9.98 Å². The Balaban J connectivity index is 2.46. The van der Waals surface area contributed by atoms with Crippen molar-refractivity contribution in [2.24, 2.45) is 0 Å². The van der Waals surface area contributed by atoms with E-state index in [1.807, 2.05) is 31.2 Å². The molecule has 100 valence electrons. The molecule has 2 N–H and O–H groups in total. The van der Waals surface area contributed by atoms with Crippen molar-refractivity contribution >= 4 is 17.9 Å². The molecule has 0 amide bonds. The number of nitrogen functional groups attached to an aromatic ring is 1. The molecule has 0 spiro atoms. The summed E-state index contributed by atoms with van der Waals surface area (Å²) in [5.41, 5.74) is 1.40. The first-order chi connectivity index (χ1) is 8.93. The summed E-state index contributed by atoms with van der Waals surface area (Å²) in [5.74, 6) is 6.66. The first-order valence-corrected chi connectivity index (χ1v) is 8.30. The summed E-state index contributed by atoms with van der Waals surface area (Å²) >= 11 is 0. The van der Waals surface area contributed by atoms with Gasteiger partial charge in [0.2, 0.25) is 7.14 Å². The van der Waals surface area contributed by atoms with Crippen LogP contribution in [0.2, 0.25) is 0 Å². The Hall–Kier alpha value is -1.54. The fourth-order valence-electron chi connectivity index (χ4n) is 2.98. The molecule has 19 heavy (non-hydrogen) atoms. The van der Waals surface area contributed by atoms with Crippen molar-refractivity contribution in [2.75, 3.05) is 12.0 Å². The van der Waals surface area contributed by atoms with Gasteiger partial charge in [-0.25, -0.2) is 5.84 Å². The van der Waals surface area contributed by atoms with Gasteiger partial charge in [-0.05, 0) is 24.1 Å². The van der Waals surface area contributed by atoms with Gasteiger partial charge in [0, 0.05) is 11.5 Å². The fourth-order valence-corrected chi connectivity index (χ4v) is 6.00. The lowest BCUT2D eigenvalue weighted by molar-refractivity contribution is -0.624.